The smallest absolute Gasteiger partial charge is 0.340 e. The number of nitrogens with zero attached hydrogens (tertiary/aromatic N) is 2. The fourth-order valence-corrected chi connectivity index (χ4v) is 4.84. The van der Waals surface area contributed by atoms with Crippen molar-refractivity contribution in [3.63, 3.8) is 0 Å². The molecule has 1 aromatic heterocycles. The summed E-state index contributed by atoms with van der Waals surface area (Å²) in [5, 5.41) is 11.3. The van der Waals surface area contributed by atoms with Crippen molar-refractivity contribution in [2.75, 3.05) is 32.8 Å². The molecule has 0 aliphatic carbocycles. The number of benzene rings is 2. The molecule has 6 nitrogen and oxygen atoms in total. The van der Waals surface area contributed by atoms with Crippen LogP contribution < -0.4 is 4.74 Å². The molecular weight excluding hydrogens is 428 g/mol. The van der Waals surface area contributed by atoms with Crippen LogP contribution in [-0.4, -0.2) is 59.5 Å². The Morgan fingerprint density at radius 2 is 1.74 bits per heavy atom. The maximum absolute atomic E-state index is 12.9. The number of aryl methyl sites for hydroxylation is 1. The van der Waals surface area contributed by atoms with E-state index < -0.39 is 6.10 Å². The highest BCUT2D eigenvalue weighted by molar-refractivity contribution is 6.07. The van der Waals surface area contributed by atoms with Gasteiger partial charge in [-0.05, 0) is 77.0 Å². The van der Waals surface area contributed by atoms with Gasteiger partial charge in [0, 0.05) is 23.3 Å². The van der Waals surface area contributed by atoms with E-state index in [2.05, 4.69) is 40.7 Å². The largest absolute Gasteiger partial charge is 0.491 e. The molecule has 0 unspecified atom stereocenters. The van der Waals surface area contributed by atoms with E-state index in [0.29, 0.717) is 24.5 Å². The lowest BCUT2D eigenvalue weighted by Gasteiger charge is -2.23. The van der Waals surface area contributed by atoms with Gasteiger partial charge in [-0.15, -0.1) is 0 Å². The van der Waals surface area contributed by atoms with Crippen LogP contribution in [0.1, 0.15) is 54.2 Å². The van der Waals surface area contributed by atoms with E-state index in [1.165, 1.54) is 31.2 Å². The van der Waals surface area contributed by atoms with Crippen molar-refractivity contribution < 1.29 is 19.4 Å². The van der Waals surface area contributed by atoms with Crippen molar-refractivity contribution in [3.8, 4) is 11.4 Å². The number of likely N-dealkylation sites (tertiary alicyclic amines) is 1. The van der Waals surface area contributed by atoms with Crippen LogP contribution in [0.15, 0.2) is 42.5 Å². The topological polar surface area (TPSA) is 63.9 Å². The van der Waals surface area contributed by atoms with Crippen LogP contribution in [0.25, 0.3) is 16.6 Å². The Labute approximate surface area is 202 Å². The average molecular weight is 465 g/mol. The Kier molecular flexibility index (Phi) is 7.91. The monoisotopic (exact) mass is 464 g/mol. The van der Waals surface area contributed by atoms with Crippen molar-refractivity contribution in [1.82, 2.24) is 9.47 Å². The SMILES string of the molecule is CCOC(=O)c1c(C)n(-c2ccc(C)cc2)c2ccc(OC[C@@H](O)CN3CCCCCC3)cc12. The quantitative estimate of drug-likeness (QED) is 0.473. The minimum absolute atomic E-state index is 0.217. The molecule has 1 fully saturated rings. The summed E-state index contributed by atoms with van der Waals surface area (Å²) in [6, 6.07) is 14.0. The molecule has 0 bridgehead atoms. The molecule has 34 heavy (non-hydrogen) atoms. The zero-order valence-corrected chi connectivity index (χ0v) is 20.5. The summed E-state index contributed by atoms with van der Waals surface area (Å²) in [6.45, 7) is 9.04. The van der Waals surface area contributed by atoms with Gasteiger partial charge in [-0.25, -0.2) is 4.79 Å². The van der Waals surface area contributed by atoms with Gasteiger partial charge in [0.1, 0.15) is 18.5 Å². The van der Waals surface area contributed by atoms with E-state index in [4.69, 9.17) is 9.47 Å². The van der Waals surface area contributed by atoms with E-state index in [9.17, 15) is 9.90 Å². The first kappa shape index (κ1) is 24.3. The zero-order chi connectivity index (χ0) is 24.1. The van der Waals surface area contributed by atoms with Crippen molar-refractivity contribution >= 4 is 16.9 Å². The van der Waals surface area contributed by atoms with E-state index in [-0.39, 0.29) is 12.6 Å². The third-order valence-corrected chi connectivity index (χ3v) is 6.56. The van der Waals surface area contributed by atoms with Gasteiger partial charge in [0.25, 0.3) is 0 Å². The van der Waals surface area contributed by atoms with Crippen LogP contribution in [0.2, 0.25) is 0 Å². The number of ether oxygens (including phenoxy) is 2. The molecule has 1 N–H and O–H groups in total. The lowest BCUT2D eigenvalue weighted by Crippen LogP contribution is -2.36. The van der Waals surface area contributed by atoms with E-state index in [1.807, 2.05) is 32.0 Å². The molecule has 0 saturated carbocycles. The first-order chi connectivity index (χ1) is 16.5. The van der Waals surface area contributed by atoms with Crippen molar-refractivity contribution in [2.24, 2.45) is 0 Å². The molecule has 0 radical (unpaired) electrons. The first-order valence-electron chi connectivity index (χ1n) is 12.4. The number of rotatable bonds is 8. The fourth-order valence-electron chi connectivity index (χ4n) is 4.84. The Hall–Kier alpha value is -2.83. The van der Waals surface area contributed by atoms with Gasteiger partial charge in [0.2, 0.25) is 0 Å². The van der Waals surface area contributed by atoms with Crippen LogP contribution >= 0.6 is 0 Å². The van der Waals surface area contributed by atoms with Gasteiger partial charge in [0.05, 0.1) is 17.7 Å². The van der Waals surface area contributed by atoms with Crippen LogP contribution in [-0.2, 0) is 4.74 Å². The summed E-state index contributed by atoms with van der Waals surface area (Å²) in [5.41, 5.74) is 4.47. The highest BCUT2D eigenvalue weighted by Gasteiger charge is 2.23. The number of fused-ring (bicyclic) bond motifs is 1. The third-order valence-electron chi connectivity index (χ3n) is 6.56. The predicted molar refractivity (Wildman–Crippen MR) is 135 cm³/mol. The Balaban J connectivity index is 1.59. The lowest BCUT2D eigenvalue weighted by atomic mass is 10.1. The molecule has 1 saturated heterocycles. The summed E-state index contributed by atoms with van der Waals surface area (Å²) in [5.74, 6) is 0.295. The van der Waals surface area contributed by atoms with Gasteiger partial charge in [-0.1, -0.05) is 30.5 Å². The normalized spacial score (nSPS) is 15.8. The van der Waals surface area contributed by atoms with Crippen LogP contribution in [0.5, 0.6) is 5.75 Å². The van der Waals surface area contributed by atoms with Crippen LogP contribution in [0.4, 0.5) is 0 Å². The Bertz CT molecular complexity index is 1110. The second-order valence-corrected chi connectivity index (χ2v) is 9.21. The van der Waals surface area contributed by atoms with Crippen LogP contribution in [0, 0.1) is 13.8 Å². The molecule has 0 amide bonds. The second-order valence-electron chi connectivity index (χ2n) is 9.21. The average Bonchev–Trinajstić information content (AvgIpc) is 2.94. The van der Waals surface area contributed by atoms with Gasteiger partial charge in [-0.2, -0.15) is 0 Å². The molecule has 6 heteroatoms. The predicted octanol–water partition coefficient (Wildman–Crippen LogP) is 5.04. The van der Waals surface area contributed by atoms with Crippen molar-refractivity contribution in [2.45, 2.75) is 52.6 Å². The maximum Gasteiger partial charge on any atom is 0.340 e. The summed E-state index contributed by atoms with van der Waals surface area (Å²) in [6.07, 6.45) is 4.37. The van der Waals surface area contributed by atoms with Gasteiger partial charge < -0.3 is 24.0 Å². The van der Waals surface area contributed by atoms with Gasteiger partial charge in [0.15, 0.2) is 0 Å². The fraction of sp³-hybridized carbons (Fsp3) is 0.464. The van der Waals surface area contributed by atoms with E-state index in [0.717, 1.165) is 35.4 Å². The standard InChI is InChI=1S/C28H36N2O4/c1-4-33-28(32)27-21(3)30(22-11-9-20(2)10-12-22)26-14-13-24(17-25(26)27)34-19-23(31)18-29-15-7-5-6-8-16-29/h9-14,17,23,31H,4-8,15-16,18-19H2,1-3H3/t23-/m0/s1. The molecule has 0 spiro atoms. The minimum Gasteiger partial charge on any atom is -0.491 e. The minimum atomic E-state index is -0.558. The lowest BCUT2D eigenvalue weighted by molar-refractivity contribution is 0.0527. The highest BCUT2D eigenvalue weighted by atomic mass is 16.5. The summed E-state index contributed by atoms with van der Waals surface area (Å²) in [4.78, 5) is 15.2. The summed E-state index contributed by atoms with van der Waals surface area (Å²) >= 11 is 0. The molecular formula is C28H36N2O4. The molecule has 2 heterocycles. The number of β-amino-alcohol motifs (C(OH)–C–C–N with tert-alkyl or cyclic N) is 1. The molecule has 182 valence electrons. The maximum atomic E-state index is 12.9. The van der Waals surface area contributed by atoms with Gasteiger partial charge in [-0.3, -0.25) is 0 Å². The molecule has 1 atom stereocenters. The number of hydrogen-bond donors (Lipinski definition) is 1. The van der Waals surface area contributed by atoms with Crippen molar-refractivity contribution in [3.05, 3.63) is 59.3 Å². The number of aliphatic hydroxyl groups excluding tert-OH is 1. The Morgan fingerprint density at radius 1 is 1.03 bits per heavy atom. The van der Waals surface area contributed by atoms with E-state index in [1.54, 1.807) is 0 Å². The zero-order valence-electron chi connectivity index (χ0n) is 20.5. The number of esters is 1. The highest BCUT2D eigenvalue weighted by Crippen LogP contribution is 2.32. The van der Waals surface area contributed by atoms with Crippen LogP contribution in [0.3, 0.4) is 0 Å². The number of aromatic nitrogens is 1. The molecule has 1 aliphatic heterocycles. The number of hydrogen-bond acceptors (Lipinski definition) is 5. The molecule has 3 aromatic rings. The third kappa shape index (κ3) is 5.45. The summed E-state index contributed by atoms with van der Waals surface area (Å²) in [7, 11) is 0. The molecule has 2 aromatic carbocycles. The Morgan fingerprint density at radius 3 is 2.41 bits per heavy atom. The second kappa shape index (κ2) is 11.1. The molecule has 1 aliphatic rings. The number of carbonyl (C=O) groups excluding carboxylic acids is 1. The number of aliphatic hydroxyl groups is 1. The van der Waals surface area contributed by atoms with Gasteiger partial charge >= 0.3 is 5.97 Å². The molecule has 4 rings (SSSR count). The number of carbonyl (C=O) groups is 1. The van der Waals surface area contributed by atoms with E-state index >= 15 is 0 Å². The summed E-state index contributed by atoms with van der Waals surface area (Å²) < 4.78 is 13.4. The van der Waals surface area contributed by atoms with Crippen molar-refractivity contribution in [1.29, 1.82) is 0 Å². The first-order valence-corrected chi connectivity index (χ1v) is 12.4.